The Balaban J connectivity index is 2.17. The van der Waals surface area contributed by atoms with Crippen molar-refractivity contribution in [1.29, 1.82) is 0 Å². The summed E-state index contributed by atoms with van der Waals surface area (Å²) in [7, 11) is 0. The third kappa shape index (κ3) is 5.41. The molecule has 0 aliphatic rings. The van der Waals surface area contributed by atoms with Gasteiger partial charge in [0.05, 0.1) is 0 Å². The van der Waals surface area contributed by atoms with E-state index in [1.165, 1.54) is 24.3 Å². The maximum atomic E-state index is 13.2. The lowest BCUT2D eigenvalue weighted by atomic mass is 9.80. The van der Waals surface area contributed by atoms with Gasteiger partial charge < -0.3 is 20.4 Å². The molecule has 0 spiro atoms. The molecule has 2 rings (SSSR count). The van der Waals surface area contributed by atoms with Crippen LogP contribution in [-0.2, 0) is 12.8 Å². The van der Waals surface area contributed by atoms with Gasteiger partial charge in [-0.15, -0.1) is 0 Å². The normalized spacial score (nSPS) is 13.5. The molecule has 0 saturated carbocycles. The molecule has 0 bridgehead atoms. The summed E-state index contributed by atoms with van der Waals surface area (Å²) in [5, 5.41) is 38.1. The zero-order valence-electron chi connectivity index (χ0n) is 14.4. The standard InChI is InChI=1S/C20H24F2O4/c21-17-5-3-13(10-19(17)25)8-15(2-1-7-23)16(12-24)9-14-4-6-18(22)20(26)11-14/h3-6,10-11,15-16,23-26H,1-2,7-9,12H2/t15-,16+/m0/s1. The zero-order valence-corrected chi connectivity index (χ0v) is 14.4. The van der Waals surface area contributed by atoms with Crippen LogP contribution in [-0.4, -0.2) is 33.6 Å². The molecule has 6 heteroatoms. The second kappa shape index (κ2) is 9.50. The lowest BCUT2D eigenvalue weighted by molar-refractivity contribution is 0.158. The van der Waals surface area contributed by atoms with Gasteiger partial charge in [-0.05, 0) is 72.9 Å². The molecule has 0 fully saturated rings. The van der Waals surface area contributed by atoms with Gasteiger partial charge in [0.25, 0.3) is 0 Å². The molecular weight excluding hydrogens is 342 g/mol. The maximum absolute atomic E-state index is 13.2. The molecule has 2 aromatic rings. The van der Waals surface area contributed by atoms with Crippen molar-refractivity contribution >= 4 is 0 Å². The van der Waals surface area contributed by atoms with Gasteiger partial charge in [0.15, 0.2) is 23.1 Å². The first-order valence-electron chi connectivity index (χ1n) is 8.61. The molecule has 2 aromatic carbocycles. The van der Waals surface area contributed by atoms with Gasteiger partial charge in [-0.2, -0.15) is 0 Å². The van der Waals surface area contributed by atoms with Crippen molar-refractivity contribution in [2.75, 3.05) is 13.2 Å². The van der Waals surface area contributed by atoms with E-state index in [1.807, 2.05) is 0 Å². The van der Waals surface area contributed by atoms with Crippen LogP contribution in [0.25, 0.3) is 0 Å². The van der Waals surface area contributed by atoms with E-state index in [0.717, 1.165) is 5.56 Å². The van der Waals surface area contributed by atoms with E-state index < -0.39 is 23.1 Å². The van der Waals surface area contributed by atoms with Gasteiger partial charge in [-0.3, -0.25) is 0 Å². The molecule has 0 heterocycles. The Morgan fingerprint density at radius 2 is 1.27 bits per heavy atom. The van der Waals surface area contributed by atoms with E-state index in [1.54, 1.807) is 12.1 Å². The Morgan fingerprint density at radius 1 is 0.769 bits per heavy atom. The van der Waals surface area contributed by atoms with Crippen molar-refractivity contribution in [2.45, 2.75) is 25.7 Å². The van der Waals surface area contributed by atoms with Crippen LogP contribution in [0.3, 0.4) is 0 Å². The molecule has 4 nitrogen and oxygen atoms in total. The number of hydrogen-bond acceptors (Lipinski definition) is 4. The van der Waals surface area contributed by atoms with Crippen LogP contribution < -0.4 is 0 Å². The quantitative estimate of drug-likeness (QED) is 0.550. The molecule has 0 aromatic heterocycles. The third-order valence-corrected chi connectivity index (χ3v) is 4.65. The minimum Gasteiger partial charge on any atom is -0.505 e. The highest BCUT2D eigenvalue weighted by molar-refractivity contribution is 5.30. The zero-order chi connectivity index (χ0) is 19.1. The molecular formula is C20H24F2O4. The van der Waals surface area contributed by atoms with Gasteiger partial charge in [0.1, 0.15) is 0 Å². The van der Waals surface area contributed by atoms with E-state index in [4.69, 9.17) is 5.11 Å². The van der Waals surface area contributed by atoms with E-state index in [2.05, 4.69) is 0 Å². The summed E-state index contributed by atoms with van der Waals surface area (Å²) in [5.41, 5.74) is 1.42. The average molecular weight is 366 g/mol. The van der Waals surface area contributed by atoms with Crippen molar-refractivity contribution in [1.82, 2.24) is 0 Å². The molecule has 0 radical (unpaired) electrons. The van der Waals surface area contributed by atoms with Crippen molar-refractivity contribution in [3.63, 3.8) is 0 Å². The topological polar surface area (TPSA) is 80.9 Å². The summed E-state index contributed by atoms with van der Waals surface area (Å²) in [6.45, 7) is -0.109. The third-order valence-electron chi connectivity index (χ3n) is 4.65. The van der Waals surface area contributed by atoms with Gasteiger partial charge >= 0.3 is 0 Å². The number of phenolic OH excluding ortho intramolecular Hbond substituents is 2. The highest BCUT2D eigenvalue weighted by Crippen LogP contribution is 2.29. The second-order valence-corrected chi connectivity index (χ2v) is 6.55. The van der Waals surface area contributed by atoms with Crippen molar-refractivity contribution in [3.8, 4) is 11.5 Å². The van der Waals surface area contributed by atoms with E-state index in [-0.39, 0.29) is 25.0 Å². The Morgan fingerprint density at radius 3 is 1.69 bits per heavy atom. The molecule has 0 aliphatic heterocycles. The van der Waals surface area contributed by atoms with Crippen LogP contribution in [0.5, 0.6) is 11.5 Å². The van der Waals surface area contributed by atoms with Crippen molar-refractivity contribution in [3.05, 3.63) is 59.2 Å². The van der Waals surface area contributed by atoms with Crippen LogP contribution in [0.4, 0.5) is 8.78 Å². The number of phenols is 2. The number of aliphatic hydroxyl groups is 2. The number of aliphatic hydroxyl groups excluding tert-OH is 2. The minimum atomic E-state index is -0.701. The summed E-state index contributed by atoms with van der Waals surface area (Å²) >= 11 is 0. The number of aromatic hydroxyl groups is 2. The summed E-state index contributed by atoms with van der Waals surface area (Å²) in [6, 6.07) is 8.22. The fourth-order valence-electron chi connectivity index (χ4n) is 3.21. The van der Waals surface area contributed by atoms with E-state index in [9.17, 15) is 24.1 Å². The molecule has 4 N–H and O–H groups in total. The molecule has 2 atom stereocenters. The fraction of sp³-hybridized carbons (Fsp3) is 0.400. The Labute approximate surface area is 151 Å². The Bertz CT molecular complexity index is 721. The first-order chi connectivity index (χ1) is 12.4. The number of rotatable bonds is 9. The van der Waals surface area contributed by atoms with Crippen molar-refractivity contribution < 1.29 is 29.2 Å². The van der Waals surface area contributed by atoms with Crippen LogP contribution in [0, 0.1) is 23.5 Å². The monoisotopic (exact) mass is 366 g/mol. The second-order valence-electron chi connectivity index (χ2n) is 6.55. The number of benzene rings is 2. The highest BCUT2D eigenvalue weighted by Gasteiger charge is 2.22. The van der Waals surface area contributed by atoms with Gasteiger partial charge in [0, 0.05) is 13.2 Å². The van der Waals surface area contributed by atoms with Crippen LogP contribution in [0.1, 0.15) is 24.0 Å². The number of halogens is 2. The Hall–Kier alpha value is -2.18. The van der Waals surface area contributed by atoms with Crippen LogP contribution in [0.2, 0.25) is 0 Å². The van der Waals surface area contributed by atoms with Crippen LogP contribution in [0.15, 0.2) is 36.4 Å². The predicted molar refractivity (Wildman–Crippen MR) is 93.9 cm³/mol. The van der Waals surface area contributed by atoms with Crippen LogP contribution >= 0.6 is 0 Å². The summed E-state index contributed by atoms with van der Waals surface area (Å²) < 4.78 is 26.5. The maximum Gasteiger partial charge on any atom is 0.164 e. The fourth-order valence-corrected chi connectivity index (χ4v) is 3.21. The molecule has 0 unspecified atom stereocenters. The van der Waals surface area contributed by atoms with Gasteiger partial charge in [-0.25, -0.2) is 8.78 Å². The average Bonchev–Trinajstić information content (AvgIpc) is 2.62. The van der Waals surface area contributed by atoms with E-state index in [0.29, 0.717) is 31.2 Å². The SMILES string of the molecule is OCCC[C@@H](Cc1ccc(F)c(O)c1)[C@@H](CO)Cc1ccc(F)c(O)c1. The summed E-state index contributed by atoms with van der Waals surface area (Å²) in [4.78, 5) is 0. The van der Waals surface area contributed by atoms with Crippen molar-refractivity contribution in [2.24, 2.45) is 11.8 Å². The largest absolute Gasteiger partial charge is 0.505 e. The molecule has 0 aliphatic carbocycles. The minimum absolute atomic E-state index is 0.0145. The van der Waals surface area contributed by atoms with Gasteiger partial charge in [-0.1, -0.05) is 12.1 Å². The molecule has 0 saturated heterocycles. The number of hydrogen-bond donors (Lipinski definition) is 4. The predicted octanol–water partition coefficient (Wildman–Crippen LogP) is 3.16. The lowest BCUT2D eigenvalue weighted by Gasteiger charge is -2.26. The first-order valence-corrected chi connectivity index (χ1v) is 8.61. The lowest BCUT2D eigenvalue weighted by Crippen LogP contribution is -2.23. The smallest absolute Gasteiger partial charge is 0.164 e. The summed E-state index contributed by atoms with van der Waals surface area (Å²) in [5.74, 6) is -2.49. The Kier molecular flexibility index (Phi) is 7.36. The highest BCUT2D eigenvalue weighted by atomic mass is 19.1. The first kappa shape index (κ1) is 20.1. The molecule has 26 heavy (non-hydrogen) atoms. The van der Waals surface area contributed by atoms with Gasteiger partial charge in [0.2, 0.25) is 0 Å². The summed E-state index contributed by atoms with van der Waals surface area (Å²) in [6.07, 6.45) is 2.09. The molecule has 142 valence electrons. The van der Waals surface area contributed by atoms with E-state index >= 15 is 0 Å². The molecule has 0 amide bonds.